The molecule has 0 aromatic heterocycles. The van der Waals surface area contributed by atoms with Crippen molar-refractivity contribution in [1.82, 2.24) is 4.72 Å². The number of rotatable bonds is 6. The Labute approximate surface area is 125 Å². The number of nitrogens with one attached hydrogen (secondary N) is 1. The third kappa shape index (κ3) is 4.34. The number of hydrogen-bond donors (Lipinski definition) is 3. The van der Waals surface area contributed by atoms with Gasteiger partial charge in [-0.2, -0.15) is 0 Å². The van der Waals surface area contributed by atoms with Gasteiger partial charge in [-0.3, -0.25) is 0 Å². The van der Waals surface area contributed by atoms with Gasteiger partial charge in [0.25, 0.3) is 0 Å². The van der Waals surface area contributed by atoms with Gasteiger partial charge in [0.05, 0.1) is 15.6 Å². The second-order valence-corrected chi connectivity index (χ2v) is 7.74. The van der Waals surface area contributed by atoms with Gasteiger partial charge in [0.2, 0.25) is 10.0 Å². The molecule has 0 aliphatic carbocycles. The molecule has 5 nitrogen and oxygen atoms in total. The Kier molecular flexibility index (Phi) is 5.43. The molecule has 0 unspecified atom stereocenters. The first kappa shape index (κ1) is 17.2. The molecule has 4 N–H and O–H groups in total. The molecule has 0 aliphatic heterocycles. The van der Waals surface area contributed by atoms with E-state index in [1.54, 1.807) is 6.92 Å². The molecule has 0 fully saturated rings. The average Bonchev–Trinajstić information content (AvgIpc) is 2.31. The van der Waals surface area contributed by atoms with Crippen LogP contribution in [0.4, 0.5) is 5.69 Å². The first-order valence-corrected chi connectivity index (χ1v) is 8.11. The van der Waals surface area contributed by atoms with Crippen LogP contribution in [0.3, 0.4) is 0 Å². The van der Waals surface area contributed by atoms with Crippen molar-refractivity contribution < 1.29 is 13.5 Å². The fourth-order valence-electron chi connectivity index (χ4n) is 1.72. The summed E-state index contributed by atoms with van der Waals surface area (Å²) in [7, 11) is -3.65. The first-order valence-electron chi connectivity index (χ1n) is 6.25. The third-order valence-corrected chi connectivity index (χ3v) is 4.98. The molecule has 0 saturated carbocycles. The van der Waals surface area contributed by atoms with Gasteiger partial charge < -0.3 is 10.8 Å². The Morgan fingerprint density at radius 2 is 2.00 bits per heavy atom. The van der Waals surface area contributed by atoms with Crippen LogP contribution in [0.25, 0.3) is 0 Å². The summed E-state index contributed by atoms with van der Waals surface area (Å²) in [4.78, 5) is 0.124. The molecule has 1 aromatic carbocycles. The molecule has 20 heavy (non-hydrogen) atoms. The number of nitrogen functional groups attached to an aromatic ring is 1. The maximum atomic E-state index is 12.3. The largest absolute Gasteiger partial charge is 0.397 e. The van der Waals surface area contributed by atoms with Crippen molar-refractivity contribution in [2.45, 2.75) is 32.1 Å². The lowest BCUT2D eigenvalue weighted by Gasteiger charge is -2.24. The van der Waals surface area contributed by atoms with Crippen LogP contribution >= 0.6 is 11.6 Å². The predicted molar refractivity (Wildman–Crippen MR) is 81.3 cm³/mol. The molecule has 1 rings (SSSR count). The van der Waals surface area contributed by atoms with E-state index in [-0.39, 0.29) is 29.1 Å². The molecule has 7 heteroatoms. The highest BCUT2D eigenvalue weighted by Gasteiger charge is 2.23. The molecule has 0 bridgehead atoms. The number of anilines is 1. The molecule has 0 spiro atoms. The number of halogens is 1. The Balaban J connectivity index is 2.98. The minimum absolute atomic E-state index is 0.0155. The van der Waals surface area contributed by atoms with Crippen molar-refractivity contribution in [1.29, 1.82) is 0 Å². The second kappa shape index (κ2) is 6.30. The summed E-state index contributed by atoms with van der Waals surface area (Å²) >= 11 is 5.86. The van der Waals surface area contributed by atoms with Crippen LogP contribution in [0, 0.1) is 12.3 Å². The van der Waals surface area contributed by atoms with E-state index < -0.39 is 10.0 Å². The molecule has 0 aliphatic rings. The number of nitrogens with two attached hydrogens (primary N) is 1. The van der Waals surface area contributed by atoms with Gasteiger partial charge in [-0.05, 0) is 36.5 Å². The molecule has 0 heterocycles. The summed E-state index contributed by atoms with van der Waals surface area (Å²) in [6.07, 6.45) is 0.511. The standard InChI is InChI=1S/C13H21ClN2O3S/c1-9-6-10(14)11(15)7-12(9)20(18,19)16-8-13(2,3)4-5-17/h6-7,16-17H,4-5,8,15H2,1-3H3. The highest BCUT2D eigenvalue weighted by molar-refractivity contribution is 7.89. The zero-order valence-corrected chi connectivity index (χ0v) is 13.5. The normalized spacial score (nSPS) is 12.7. The molecule has 114 valence electrons. The van der Waals surface area contributed by atoms with Crippen LogP contribution in [0.2, 0.25) is 5.02 Å². The van der Waals surface area contributed by atoms with Crippen LogP contribution in [-0.4, -0.2) is 26.7 Å². The Morgan fingerprint density at radius 3 is 2.55 bits per heavy atom. The van der Waals surface area contributed by atoms with Crippen LogP contribution < -0.4 is 10.5 Å². The van der Waals surface area contributed by atoms with Gasteiger partial charge in [0.15, 0.2) is 0 Å². The average molecular weight is 321 g/mol. The second-order valence-electron chi connectivity index (χ2n) is 5.60. The summed E-state index contributed by atoms with van der Waals surface area (Å²) in [5.41, 5.74) is 6.10. The van der Waals surface area contributed by atoms with Gasteiger partial charge in [0, 0.05) is 13.2 Å². The quantitative estimate of drug-likeness (QED) is 0.698. The van der Waals surface area contributed by atoms with E-state index in [1.807, 2.05) is 13.8 Å². The first-order chi connectivity index (χ1) is 9.09. The van der Waals surface area contributed by atoms with Crippen molar-refractivity contribution in [3.8, 4) is 0 Å². The number of hydrogen-bond acceptors (Lipinski definition) is 4. The van der Waals surface area contributed by atoms with E-state index in [0.717, 1.165) is 0 Å². The minimum atomic E-state index is -3.65. The van der Waals surface area contributed by atoms with E-state index in [9.17, 15) is 8.42 Å². The summed E-state index contributed by atoms with van der Waals surface area (Å²) in [6.45, 7) is 5.68. The number of aliphatic hydroxyl groups excluding tert-OH is 1. The Morgan fingerprint density at radius 1 is 1.40 bits per heavy atom. The predicted octanol–water partition coefficient (Wildman–Crippen LogP) is 1.92. The van der Waals surface area contributed by atoms with E-state index in [4.69, 9.17) is 22.4 Å². The number of aliphatic hydroxyl groups is 1. The van der Waals surface area contributed by atoms with Gasteiger partial charge in [-0.1, -0.05) is 25.4 Å². The van der Waals surface area contributed by atoms with Crippen molar-refractivity contribution in [3.63, 3.8) is 0 Å². The topological polar surface area (TPSA) is 92.4 Å². The van der Waals surface area contributed by atoms with Crippen molar-refractivity contribution in [2.24, 2.45) is 5.41 Å². The highest BCUT2D eigenvalue weighted by Crippen LogP contribution is 2.27. The zero-order chi connectivity index (χ0) is 15.6. The van der Waals surface area contributed by atoms with Gasteiger partial charge in [0.1, 0.15) is 0 Å². The lowest BCUT2D eigenvalue weighted by Crippen LogP contribution is -2.34. The number of aryl methyl sites for hydroxylation is 1. The summed E-state index contributed by atoms with van der Waals surface area (Å²) in [5.74, 6) is 0. The van der Waals surface area contributed by atoms with E-state index in [1.165, 1.54) is 12.1 Å². The van der Waals surface area contributed by atoms with Crippen LogP contribution in [0.15, 0.2) is 17.0 Å². The maximum absolute atomic E-state index is 12.3. The van der Waals surface area contributed by atoms with Crippen molar-refractivity contribution in [2.75, 3.05) is 18.9 Å². The SMILES string of the molecule is Cc1cc(Cl)c(N)cc1S(=O)(=O)NCC(C)(C)CCO. The highest BCUT2D eigenvalue weighted by atomic mass is 35.5. The molecule has 0 saturated heterocycles. The smallest absolute Gasteiger partial charge is 0.240 e. The summed E-state index contributed by atoms with van der Waals surface area (Å²) < 4.78 is 27.1. The van der Waals surface area contributed by atoms with Gasteiger partial charge in [-0.15, -0.1) is 0 Å². The third-order valence-electron chi connectivity index (χ3n) is 3.11. The Bertz CT molecular complexity index is 586. The molecular weight excluding hydrogens is 300 g/mol. The van der Waals surface area contributed by atoms with Crippen LogP contribution in [0.1, 0.15) is 25.8 Å². The van der Waals surface area contributed by atoms with E-state index >= 15 is 0 Å². The van der Waals surface area contributed by atoms with Crippen LogP contribution in [-0.2, 0) is 10.0 Å². The summed E-state index contributed by atoms with van der Waals surface area (Å²) in [5, 5.41) is 9.29. The van der Waals surface area contributed by atoms with E-state index in [2.05, 4.69) is 4.72 Å². The fraction of sp³-hybridized carbons (Fsp3) is 0.538. The molecule has 1 aromatic rings. The fourth-order valence-corrected chi connectivity index (χ4v) is 3.44. The number of benzene rings is 1. The lowest BCUT2D eigenvalue weighted by molar-refractivity contribution is 0.213. The maximum Gasteiger partial charge on any atom is 0.240 e. The van der Waals surface area contributed by atoms with Crippen LogP contribution in [0.5, 0.6) is 0 Å². The molecular formula is C13H21ClN2O3S. The van der Waals surface area contributed by atoms with Crippen molar-refractivity contribution in [3.05, 3.63) is 22.7 Å². The minimum Gasteiger partial charge on any atom is -0.397 e. The zero-order valence-electron chi connectivity index (χ0n) is 11.9. The molecule has 0 radical (unpaired) electrons. The van der Waals surface area contributed by atoms with Gasteiger partial charge >= 0.3 is 0 Å². The van der Waals surface area contributed by atoms with Gasteiger partial charge in [-0.25, -0.2) is 13.1 Å². The van der Waals surface area contributed by atoms with Crippen molar-refractivity contribution >= 4 is 27.3 Å². The summed E-state index contributed by atoms with van der Waals surface area (Å²) in [6, 6.07) is 2.89. The lowest BCUT2D eigenvalue weighted by atomic mass is 9.90. The Hall–Kier alpha value is -0.820. The molecule has 0 amide bonds. The molecule has 0 atom stereocenters. The van der Waals surface area contributed by atoms with E-state index in [0.29, 0.717) is 17.0 Å². The monoisotopic (exact) mass is 320 g/mol. The number of sulfonamides is 1.